The van der Waals surface area contributed by atoms with Crippen LogP contribution >= 0.6 is 0 Å². The fraction of sp³-hybridized carbons (Fsp3) is 0.625. The lowest BCUT2D eigenvalue weighted by Gasteiger charge is -2.70. The van der Waals surface area contributed by atoms with Crippen LogP contribution in [0.5, 0.6) is 0 Å². The number of allylic oxidation sites excluding steroid dienone is 8. The van der Waals surface area contributed by atoms with Crippen molar-refractivity contribution in [3.05, 3.63) is 58.6 Å². The quantitative estimate of drug-likeness (QED) is 0.318. The minimum absolute atomic E-state index is 0.0150. The van der Waals surface area contributed by atoms with Crippen molar-refractivity contribution in [1.29, 1.82) is 0 Å². The van der Waals surface area contributed by atoms with E-state index in [2.05, 4.69) is 53.3 Å². The van der Waals surface area contributed by atoms with E-state index in [1.54, 1.807) is 6.08 Å². The highest BCUT2D eigenvalue weighted by atomic mass is 16.5. The second-order valence-corrected chi connectivity index (χ2v) is 13.6. The van der Waals surface area contributed by atoms with Crippen LogP contribution in [0.4, 0.5) is 0 Å². The highest BCUT2D eigenvalue weighted by molar-refractivity contribution is 6.08. The third kappa shape index (κ3) is 3.12. The average molecular weight is 491 g/mol. The Morgan fingerprint density at radius 3 is 2.33 bits per heavy atom. The first-order valence-corrected chi connectivity index (χ1v) is 13.6. The first-order valence-electron chi connectivity index (χ1n) is 13.6. The molecule has 5 aliphatic carbocycles. The van der Waals surface area contributed by atoms with Crippen LogP contribution in [-0.2, 0) is 14.3 Å². The van der Waals surface area contributed by atoms with Gasteiger partial charge in [0.2, 0.25) is 5.78 Å². The number of carbonyl (C=O) groups excluding carboxylic acids is 2. The number of hydrogen-bond donors (Lipinski definition) is 1. The van der Waals surface area contributed by atoms with Gasteiger partial charge in [-0.3, -0.25) is 9.59 Å². The Morgan fingerprint density at radius 1 is 1.03 bits per heavy atom. The number of ketones is 1. The summed E-state index contributed by atoms with van der Waals surface area (Å²) in [6.07, 6.45) is 13.7. The van der Waals surface area contributed by atoms with E-state index in [-0.39, 0.29) is 38.6 Å². The Labute approximate surface area is 216 Å². The molecule has 0 saturated heterocycles. The monoisotopic (exact) mass is 490 g/mol. The number of aliphatic hydroxyl groups excluding tert-OH is 1. The summed E-state index contributed by atoms with van der Waals surface area (Å²) in [5.74, 6) is 0.300. The summed E-state index contributed by atoms with van der Waals surface area (Å²) >= 11 is 0. The zero-order valence-corrected chi connectivity index (χ0v) is 23.1. The van der Waals surface area contributed by atoms with Crippen LogP contribution in [0.1, 0.15) is 93.4 Å². The van der Waals surface area contributed by atoms with Gasteiger partial charge in [-0.05, 0) is 91.3 Å². The predicted octanol–water partition coefficient (Wildman–Crippen LogP) is 7.69. The van der Waals surface area contributed by atoms with Crippen molar-refractivity contribution < 1.29 is 19.4 Å². The Hall–Kier alpha value is -2.36. The van der Waals surface area contributed by atoms with Gasteiger partial charge in [-0.25, -0.2) is 0 Å². The smallest absolute Gasteiger partial charge is 0.308 e. The first kappa shape index (κ1) is 25.3. The number of carbonyl (C=O) groups is 2. The van der Waals surface area contributed by atoms with Crippen molar-refractivity contribution in [2.45, 2.75) is 93.4 Å². The highest BCUT2D eigenvalue weighted by Crippen LogP contribution is 2.75. The maximum absolute atomic E-state index is 13.1. The lowest BCUT2D eigenvalue weighted by atomic mass is 9.34. The molecule has 0 spiro atoms. The van der Waals surface area contributed by atoms with E-state index in [0.29, 0.717) is 11.7 Å². The molecule has 36 heavy (non-hydrogen) atoms. The second-order valence-electron chi connectivity index (χ2n) is 13.6. The Balaban J connectivity index is 1.62. The van der Waals surface area contributed by atoms with Crippen molar-refractivity contribution in [3.63, 3.8) is 0 Å². The summed E-state index contributed by atoms with van der Waals surface area (Å²) in [5, 5.41) is 10.5. The molecule has 0 aromatic carbocycles. The summed E-state index contributed by atoms with van der Waals surface area (Å²) in [4.78, 5) is 24.7. The molecular formula is C32H42O4. The third-order valence-electron chi connectivity index (χ3n) is 11.8. The van der Waals surface area contributed by atoms with Gasteiger partial charge in [-0.2, -0.15) is 0 Å². The van der Waals surface area contributed by atoms with Crippen molar-refractivity contribution in [1.82, 2.24) is 0 Å². The Bertz CT molecular complexity index is 1210. The summed E-state index contributed by atoms with van der Waals surface area (Å²) in [5.41, 5.74) is 4.16. The average Bonchev–Trinajstić information content (AvgIpc) is 2.80. The maximum atomic E-state index is 13.1. The van der Waals surface area contributed by atoms with Gasteiger partial charge < -0.3 is 9.84 Å². The van der Waals surface area contributed by atoms with E-state index < -0.39 is 5.97 Å². The summed E-state index contributed by atoms with van der Waals surface area (Å²) in [6.45, 7) is 19.2. The minimum atomic E-state index is -0.468. The first-order chi connectivity index (χ1) is 16.6. The number of rotatable bonds is 2. The molecule has 0 unspecified atom stereocenters. The van der Waals surface area contributed by atoms with Crippen LogP contribution in [0.2, 0.25) is 0 Å². The molecule has 4 nitrogen and oxygen atoms in total. The van der Waals surface area contributed by atoms with Crippen molar-refractivity contribution in [3.8, 4) is 0 Å². The SMILES string of the molecule is C=C(O)[C@]1(C)CC[C@]2(C)CC[C@]3(C)C4=CC=C5C(=CC(=O)C(OC(C)=O)=C5C)[C@]4(C)CC[C@@]3(C)[C@@H]2C1. The maximum Gasteiger partial charge on any atom is 0.308 e. The summed E-state index contributed by atoms with van der Waals surface area (Å²) in [7, 11) is 0. The summed E-state index contributed by atoms with van der Waals surface area (Å²) in [6, 6.07) is 0. The topological polar surface area (TPSA) is 63.6 Å². The number of aliphatic hydroxyl groups is 1. The van der Waals surface area contributed by atoms with Crippen LogP contribution in [0.15, 0.2) is 58.6 Å². The van der Waals surface area contributed by atoms with E-state index in [4.69, 9.17) is 4.74 Å². The molecule has 0 bridgehead atoms. The number of hydrogen-bond acceptors (Lipinski definition) is 4. The molecule has 0 amide bonds. The molecule has 0 aliphatic heterocycles. The molecule has 1 N–H and O–H groups in total. The van der Waals surface area contributed by atoms with Gasteiger partial charge in [0.1, 0.15) is 0 Å². The fourth-order valence-corrected chi connectivity index (χ4v) is 8.98. The van der Waals surface area contributed by atoms with E-state index in [0.717, 1.165) is 55.2 Å². The normalized spacial score (nSPS) is 43.7. The van der Waals surface area contributed by atoms with Gasteiger partial charge in [0.25, 0.3) is 0 Å². The van der Waals surface area contributed by atoms with E-state index in [1.165, 1.54) is 18.9 Å². The lowest BCUT2D eigenvalue weighted by molar-refractivity contribution is -0.160. The molecule has 3 saturated carbocycles. The van der Waals surface area contributed by atoms with Crippen LogP contribution in [0, 0.1) is 33.0 Å². The van der Waals surface area contributed by atoms with Crippen molar-refractivity contribution in [2.75, 3.05) is 0 Å². The third-order valence-corrected chi connectivity index (χ3v) is 11.8. The largest absolute Gasteiger partial charge is 0.512 e. The second kappa shape index (κ2) is 7.58. The van der Waals surface area contributed by atoms with Gasteiger partial charge in [0.15, 0.2) is 5.76 Å². The molecule has 4 heteroatoms. The van der Waals surface area contributed by atoms with Gasteiger partial charge in [0.05, 0.1) is 5.76 Å². The van der Waals surface area contributed by atoms with Gasteiger partial charge in [0, 0.05) is 23.3 Å². The number of esters is 1. The summed E-state index contributed by atoms with van der Waals surface area (Å²) < 4.78 is 5.32. The van der Waals surface area contributed by atoms with Gasteiger partial charge in [-0.15, -0.1) is 0 Å². The predicted molar refractivity (Wildman–Crippen MR) is 142 cm³/mol. The molecule has 194 valence electrons. The number of ether oxygens (including phenoxy) is 1. The van der Waals surface area contributed by atoms with Crippen LogP contribution in [0.3, 0.4) is 0 Å². The zero-order chi connectivity index (χ0) is 26.5. The van der Waals surface area contributed by atoms with Crippen LogP contribution < -0.4 is 0 Å². The molecule has 3 fully saturated rings. The van der Waals surface area contributed by atoms with Gasteiger partial charge >= 0.3 is 5.97 Å². The zero-order valence-electron chi connectivity index (χ0n) is 23.1. The number of fused-ring (bicyclic) bond motifs is 7. The van der Waals surface area contributed by atoms with E-state index in [9.17, 15) is 14.7 Å². The van der Waals surface area contributed by atoms with Crippen LogP contribution in [0.25, 0.3) is 0 Å². The molecule has 5 rings (SSSR count). The highest BCUT2D eigenvalue weighted by Gasteiger charge is 2.67. The van der Waals surface area contributed by atoms with Gasteiger partial charge in [-0.1, -0.05) is 58.9 Å². The fourth-order valence-electron chi connectivity index (χ4n) is 8.98. The molecule has 6 atom stereocenters. The van der Waals surface area contributed by atoms with Crippen LogP contribution in [-0.4, -0.2) is 16.9 Å². The molecular weight excluding hydrogens is 448 g/mol. The Morgan fingerprint density at radius 2 is 1.69 bits per heavy atom. The molecule has 0 heterocycles. The molecule has 0 aromatic rings. The molecule has 5 aliphatic rings. The minimum Gasteiger partial charge on any atom is -0.512 e. The lowest BCUT2D eigenvalue weighted by Crippen LogP contribution is -2.61. The van der Waals surface area contributed by atoms with E-state index >= 15 is 0 Å². The van der Waals surface area contributed by atoms with Crippen molar-refractivity contribution in [2.24, 2.45) is 33.0 Å². The van der Waals surface area contributed by atoms with Crippen molar-refractivity contribution >= 4 is 11.8 Å². The molecule has 0 radical (unpaired) electrons. The Kier molecular flexibility index (Phi) is 5.33. The standard InChI is InChI=1S/C32H42O4/c1-19-22-9-10-25-30(6,23(22)17-24(35)27(19)36-21(3)34)14-16-32(8)26-18-29(5,20(2)33)12-11-28(26,4)13-15-31(25,32)7/h9-10,17,26,33H,2,11-16,18H2,1,3-8H3/t26-,28-,29-,30+,31-,32+/m1/s1. The van der Waals surface area contributed by atoms with E-state index in [1.807, 2.05) is 6.92 Å². The molecule has 0 aromatic heterocycles.